The average Bonchev–Trinajstić information content (AvgIpc) is 2.69. The number of hydrogen-bond donors (Lipinski definition) is 0. The lowest BCUT2D eigenvalue weighted by Gasteiger charge is -2.17. The van der Waals surface area contributed by atoms with Crippen molar-refractivity contribution in [3.05, 3.63) is 52.5 Å². The first-order chi connectivity index (χ1) is 12.7. The molecule has 5 heteroatoms. The van der Waals surface area contributed by atoms with Crippen LogP contribution >= 0.6 is 0 Å². The summed E-state index contributed by atoms with van der Waals surface area (Å²) in [6.07, 6.45) is 10.3. The lowest BCUT2D eigenvalue weighted by molar-refractivity contribution is 0.0425. The Morgan fingerprint density at radius 3 is 2.77 bits per heavy atom. The fraction of sp³-hybridized carbons (Fsp3) is 0.476. The third-order valence-corrected chi connectivity index (χ3v) is 4.86. The standard InChI is InChI=1S/C21H26N2O3/c1-2-3-9-14-23-20(24)18-13-8-7-12-17(18)19(22-23)21(25)26-15-16-10-5-4-6-11-16/h4-5,7-8,12-13,16H,2-3,6,9-11,14-15H2,1H3. The zero-order valence-corrected chi connectivity index (χ0v) is 15.3. The number of aromatic nitrogens is 2. The molecule has 5 nitrogen and oxygen atoms in total. The van der Waals surface area contributed by atoms with Gasteiger partial charge in [0.15, 0.2) is 5.69 Å². The van der Waals surface area contributed by atoms with Gasteiger partial charge in [-0.15, -0.1) is 0 Å². The Labute approximate surface area is 153 Å². The highest BCUT2D eigenvalue weighted by Crippen LogP contribution is 2.20. The van der Waals surface area contributed by atoms with Gasteiger partial charge in [0, 0.05) is 11.9 Å². The minimum Gasteiger partial charge on any atom is -0.461 e. The number of esters is 1. The van der Waals surface area contributed by atoms with E-state index in [1.807, 2.05) is 12.1 Å². The molecule has 0 aliphatic heterocycles. The van der Waals surface area contributed by atoms with Crippen molar-refractivity contribution >= 4 is 16.7 Å². The number of carbonyl (C=O) groups is 1. The molecule has 1 heterocycles. The summed E-state index contributed by atoms with van der Waals surface area (Å²) >= 11 is 0. The highest BCUT2D eigenvalue weighted by Gasteiger charge is 2.19. The van der Waals surface area contributed by atoms with Gasteiger partial charge >= 0.3 is 5.97 Å². The van der Waals surface area contributed by atoms with E-state index >= 15 is 0 Å². The Morgan fingerprint density at radius 1 is 1.23 bits per heavy atom. The second-order valence-corrected chi connectivity index (χ2v) is 6.88. The quantitative estimate of drug-likeness (QED) is 0.427. The van der Waals surface area contributed by atoms with Crippen molar-refractivity contribution in [3.63, 3.8) is 0 Å². The third-order valence-electron chi connectivity index (χ3n) is 4.86. The first-order valence-corrected chi connectivity index (χ1v) is 9.52. The van der Waals surface area contributed by atoms with E-state index < -0.39 is 5.97 Å². The second kappa shape index (κ2) is 8.79. The van der Waals surface area contributed by atoms with Crippen molar-refractivity contribution < 1.29 is 9.53 Å². The Morgan fingerprint density at radius 2 is 2.04 bits per heavy atom. The molecule has 1 aromatic carbocycles. The summed E-state index contributed by atoms with van der Waals surface area (Å²) in [5, 5.41) is 5.44. The van der Waals surface area contributed by atoms with Crippen LogP contribution in [0.1, 0.15) is 55.9 Å². The molecule has 0 saturated carbocycles. The smallest absolute Gasteiger partial charge is 0.359 e. The maximum Gasteiger partial charge on any atom is 0.359 e. The summed E-state index contributed by atoms with van der Waals surface area (Å²) in [7, 11) is 0. The maximum atomic E-state index is 12.7. The average molecular weight is 354 g/mol. The van der Waals surface area contributed by atoms with Gasteiger partial charge in [-0.1, -0.05) is 50.1 Å². The van der Waals surface area contributed by atoms with Gasteiger partial charge in [-0.2, -0.15) is 5.10 Å². The monoisotopic (exact) mass is 354 g/mol. The maximum absolute atomic E-state index is 12.7. The predicted octanol–water partition coefficient (Wildman–Crippen LogP) is 4.10. The van der Waals surface area contributed by atoms with E-state index in [0.29, 0.717) is 29.8 Å². The van der Waals surface area contributed by atoms with E-state index in [-0.39, 0.29) is 11.3 Å². The number of ether oxygens (including phenoxy) is 1. The van der Waals surface area contributed by atoms with Gasteiger partial charge in [-0.05, 0) is 37.7 Å². The first-order valence-electron chi connectivity index (χ1n) is 9.52. The van der Waals surface area contributed by atoms with Gasteiger partial charge < -0.3 is 4.74 Å². The number of carbonyl (C=O) groups excluding carboxylic acids is 1. The number of hydrogen-bond acceptors (Lipinski definition) is 4. The van der Waals surface area contributed by atoms with Crippen molar-refractivity contribution in [3.8, 4) is 0 Å². The number of benzene rings is 1. The van der Waals surface area contributed by atoms with Crippen LogP contribution in [0.4, 0.5) is 0 Å². The zero-order chi connectivity index (χ0) is 18.4. The molecule has 0 bridgehead atoms. The third kappa shape index (κ3) is 4.21. The molecule has 3 rings (SSSR count). The van der Waals surface area contributed by atoms with Crippen LogP contribution in [0.5, 0.6) is 0 Å². The highest BCUT2D eigenvalue weighted by molar-refractivity contribution is 6.02. The van der Waals surface area contributed by atoms with Crippen LogP contribution in [-0.4, -0.2) is 22.4 Å². The number of nitrogens with zero attached hydrogens (tertiary/aromatic N) is 2. The van der Waals surface area contributed by atoms with Gasteiger partial charge in [0.2, 0.25) is 0 Å². The Balaban J connectivity index is 1.85. The molecule has 0 saturated heterocycles. The van der Waals surface area contributed by atoms with Crippen LogP contribution in [0.25, 0.3) is 10.8 Å². The summed E-state index contributed by atoms with van der Waals surface area (Å²) in [5.41, 5.74) is 0.0914. The minimum absolute atomic E-state index is 0.148. The van der Waals surface area contributed by atoms with Crippen molar-refractivity contribution in [1.29, 1.82) is 0 Å². The lowest BCUT2D eigenvalue weighted by atomic mass is 9.95. The summed E-state index contributed by atoms with van der Waals surface area (Å²) in [4.78, 5) is 25.3. The van der Waals surface area contributed by atoms with Gasteiger partial charge in [0.1, 0.15) is 0 Å². The zero-order valence-electron chi connectivity index (χ0n) is 15.3. The van der Waals surface area contributed by atoms with Crippen molar-refractivity contribution in [2.75, 3.05) is 6.61 Å². The fourth-order valence-electron chi connectivity index (χ4n) is 3.32. The Bertz CT molecular complexity index is 854. The van der Waals surface area contributed by atoms with Crippen molar-refractivity contribution in [2.24, 2.45) is 5.92 Å². The molecular formula is C21H26N2O3. The fourth-order valence-corrected chi connectivity index (χ4v) is 3.32. The van der Waals surface area contributed by atoms with E-state index in [1.54, 1.807) is 12.1 Å². The molecular weight excluding hydrogens is 328 g/mol. The Hall–Kier alpha value is -2.43. The summed E-state index contributed by atoms with van der Waals surface area (Å²) in [5.74, 6) is -0.0781. The highest BCUT2D eigenvalue weighted by atomic mass is 16.5. The van der Waals surface area contributed by atoms with Crippen LogP contribution in [0.3, 0.4) is 0 Å². The number of fused-ring (bicyclic) bond motifs is 1. The van der Waals surface area contributed by atoms with Gasteiger partial charge in [0.05, 0.1) is 12.0 Å². The van der Waals surface area contributed by atoms with E-state index in [2.05, 4.69) is 24.2 Å². The molecule has 0 fully saturated rings. The molecule has 0 amide bonds. The predicted molar refractivity (Wildman–Crippen MR) is 102 cm³/mol. The second-order valence-electron chi connectivity index (χ2n) is 6.88. The largest absolute Gasteiger partial charge is 0.461 e. The minimum atomic E-state index is -0.444. The number of rotatable bonds is 7. The molecule has 26 heavy (non-hydrogen) atoms. The Kier molecular flexibility index (Phi) is 6.21. The van der Waals surface area contributed by atoms with Crippen molar-refractivity contribution in [1.82, 2.24) is 9.78 Å². The van der Waals surface area contributed by atoms with Crippen LogP contribution < -0.4 is 5.56 Å². The van der Waals surface area contributed by atoms with Crippen LogP contribution in [-0.2, 0) is 11.3 Å². The molecule has 0 N–H and O–H groups in total. The molecule has 0 radical (unpaired) electrons. The van der Waals surface area contributed by atoms with E-state index in [9.17, 15) is 9.59 Å². The van der Waals surface area contributed by atoms with Gasteiger partial charge in [-0.25, -0.2) is 9.48 Å². The molecule has 138 valence electrons. The lowest BCUT2D eigenvalue weighted by Crippen LogP contribution is -2.27. The first kappa shape index (κ1) is 18.4. The van der Waals surface area contributed by atoms with Crippen molar-refractivity contribution in [2.45, 2.75) is 52.0 Å². The summed E-state index contributed by atoms with van der Waals surface area (Å²) in [6.45, 7) is 3.03. The SMILES string of the molecule is CCCCCn1nc(C(=O)OCC2CC=CCC2)c2ccccc2c1=O. The number of aryl methyl sites for hydroxylation is 1. The number of allylic oxidation sites excluding steroid dienone is 2. The van der Waals surface area contributed by atoms with Gasteiger partial charge in [-0.3, -0.25) is 4.79 Å². The molecule has 1 aliphatic rings. The van der Waals surface area contributed by atoms with E-state index in [4.69, 9.17) is 4.74 Å². The molecule has 2 aromatic rings. The van der Waals surface area contributed by atoms with Gasteiger partial charge in [0.25, 0.3) is 5.56 Å². The van der Waals surface area contributed by atoms with Crippen LogP contribution in [0, 0.1) is 5.92 Å². The van der Waals surface area contributed by atoms with E-state index in [1.165, 1.54) is 4.68 Å². The molecule has 1 aliphatic carbocycles. The summed E-state index contributed by atoms with van der Waals surface area (Å²) < 4.78 is 6.96. The molecule has 0 spiro atoms. The van der Waals surface area contributed by atoms with Crippen LogP contribution in [0.15, 0.2) is 41.2 Å². The normalized spacial score (nSPS) is 16.7. The topological polar surface area (TPSA) is 61.2 Å². The molecule has 1 unspecified atom stereocenters. The van der Waals surface area contributed by atoms with Crippen LogP contribution in [0.2, 0.25) is 0 Å². The summed E-state index contributed by atoms with van der Waals surface area (Å²) in [6, 6.07) is 7.13. The molecule has 1 aromatic heterocycles. The number of unbranched alkanes of at least 4 members (excludes halogenated alkanes) is 2. The van der Waals surface area contributed by atoms with E-state index in [0.717, 1.165) is 38.5 Å². The molecule has 1 atom stereocenters.